The Kier molecular flexibility index (Phi) is 15.9. The van der Waals surface area contributed by atoms with Crippen molar-refractivity contribution < 1.29 is 9.53 Å². The summed E-state index contributed by atoms with van der Waals surface area (Å²) in [7, 11) is 0. The van der Waals surface area contributed by atoms with Crippen molar-refractivity contribution in [2.24, 2.45) is 5.92 Å². The maximum atomic E-state index is 12.1. The molecule has 3 rings (SSSR count). The summed E-state index contributed by atoms with van der Waals surface area (Å²) < 4.78 is 5.40. The Morgan fingerprint density at radius 3 is 2.47 bits per heavy atom. The minimum absolute atomic E-state index is 0.104. The van der Waals surface area contributed by atoms with Gasteiger partial charge in [-0.2, -0.15) is 0 Å². The van der Waals surface area contributed by atoms with Gasteiger partial charge < -0.3 is 14.7 Å². The molecule has 6 nitrogen and oxygen atoms in total. The molecule has 7 heteroatoms. The molecule has 2 N–H and O–H groups in total. The highest BCUT2D eigenvalue weighted by Gasteiger charge is 2.15. The van der Waals surface area contributed by atoms with Gasteiger partial charge >= 0.3 is 0 Å². The summed E-state index contributed by atoms with van der Waals surface area (Å²) in [4.78, 5) is 34.1. The highest BCUT2D eigenvalue weighted by atomic mass is 32.1. The van der Waals surface area contributed by atoms with Crippen LogP contribution < -0.4 is 5.56 Å². The fourth-order valence-corrected chi connectivity index (χ4v) is 4.10. The number of rotatable bonds is 11. The van der Waals surface area contributed by atoms with Crippen LogP contribution in [0, 0.1) is 12.8 Å². The van der Waals surface area contributed by atoms with Crippen LogP contribution in [0.25, 0.3) is 27.9 Å². The van der Waals surface area contributed by atoms with E-state index in [1.807, 2.05) is 30.7 Å². The van der Waals surface area contributed by atoms with Crippen molar-refractivity contribution in [2.75, 3.05) is 13.2 Å². The molecule has 0 amide bonds. The Balaban J connectivity index is 0.000000467. The molecule has 3 aromatic rings. The SMILES string of the molecule is C=C/C=C\c1c(-c2csc(-c3cc(C(C)=O)c[nH]c3=O)n2)c[nH]c1C.CCC.CCCCCOCC(C)C. The van der Waals surface area contributed by atoms with Crippen molar-refractivity contribution in [3.8, 4) is 21.8 Å². The summed E-state index contributed by atoms with van der Waals surface area (Å²) in [5.41, 5.74) is 4.39. The molecule has 0 atom stereocenters. The number of unbranched alkanes of at least 4 members (excludes halogenated alkanes) is 2. The summed E-state index contributed by atoms with van der Waals surface area (Å²) in [6, 6.07) is 1.59. The molecule has 0 unspecified atom stereocenters. The summed E-state index contributed by atoms with van der Waals surface area (Å²) >= 11 is 1.37. The van der Waals surface area contributed by atoms with Crippen LogP contribution in [-0.4, -0.2) is 33.9 Å². The fourth-order valence-electron chi connectivity index (χ4n) is 3.27. The number of thiazole rings is 1. The number of allylic oxidation sites excluding steroid dienone is 2. The van der Waals surface area contributed by atoms with E-state index in [-0.39, 0.29) is 11.3 Å². The van der Waals surface area contributed by atoms with Gasteiger partial charge in [-0.15, -0.1) is 11.3 Å². The Hall–Kier alpha value is -3.03. The second-order valence-corrected chi connectivity index (χ2v) is 10.3. The first-order chi connectivity index (χ1) is 18.2. The molecule has 0 aliphatic rings. The van der Waals surface area contributed by atoms with Gasteiger partial charge in [0.1, 0.15) is 5.01 Å². The third kappa shape index (κ3) is 11.2. The molecule has 0 radical (unpaired) electrons. The molecule has 3 aromatic heterocycles. The predicted molar refractivity (Wildman–Crippen MR) is 163 cm³/mol. The number of carbonyl (C=O) groups excluding carboxylic acids is 1. The molecule has 38 heavy (non-hydrogen) atoms. The second-order valence-electron chi connectivity index (χ2n) is 9.44. The second kappa shape index (κ2) is 18.3. The minimum atomic E-state index is -0.261. The number of carbonyl (C=O) groups is 1. The average Bonchev–Trinajstić information content (AvgIpc) is 3.50. The van der Waals surface area contributed by atoms with E-state index in [0.717, 1.165) is 35.7 Å². The number of pyridine rings is 1. The van der Waals surface area contributed by atoms with Gasteiger partial charge in [0.25, 0.3) is 5.56 Å². The smallest absolute Gasteiger partial charge is 0.258 e. The van der Waals surface area contributed by atoms with Crippen molar-refractivity contribution in [1.82, 2.24) is 15.0 Å². The fraction of sp³-hybridized carbons (Fsp3) is 0.452. The van der Waals surface area contributed by atoms with Gasteiger partial charge in [-0.3, -0.25) is 9.59 Å². The standard InChI is InChI=1S/C19H17N3O2S.C9H20O.C3H8/c1-4-5-6-14-11(2)20-9-16(14)17-10-25-19(22-17)15-7-13(12(3)23)8-21-18(15)24;1-4-5-6-7-10-8-9(2)3;1-3-2/h4-10,20H,1H2,2-3H3,(H,21,24);9H,4-8H2,1-3H3;3H2,1-2H3/b6-5-;;. The molecular formula is C31H45N3O3S. The third-order valence-corrected chi connectivity index (χ3v) is 6.07. The van der Waals surface area contributed by atoms with Gasteiger partial charge in [-0.25, -0.2) is 4.98 Å². The average molecular weight is 540 g/mol. The molecule has 0 bridgehead atoms. The maximum absolute atomic E-state index is 12.1. The molecule has 0 saturated carbocycles. The van der Waals surface area contributed by atoms with Crippen LogP contribution in [0.15, 0.2) is 47.4 Å². The Morgan fingerprint density at radius 1 is 1.16 bits per heavy atom. The molecule has 0 aliphatic carbocycles. The number of aromatic amines is 2. The van der Waals surface area contributed by atoms with Gasteiger partial charge in [0.2, 0.25) is 0 Å². The van der Waals surface area contributed by atoms with E-state index >= 15 is 0 Å². The predicted octanol–water partition coefficient (Wildman–Crippen LogP) is 8.47. The van der Waals surface area contributed by atoms with Crippen molar-refractivity contribution in [3.63, 3.8) is 0 Å². The van der Waals surface area contributed by atoms with Gasteiger partial charge in [0, 0.05) is 53.4 Å². The van der Waals surface area contributed by atoms with Crippen molar-refractivity contribution >= 4 is 23.2 Å². The number of aromatic nitrogens is 3. The van der Waals surface area contributed by atoms with Crippen LogP contribution in [-0.2, 0) is 4.74 Å². The number of hydrogen-bond donors (Lipinski definition) is 2. The molecule has 0 fully saturated rings. The summed E-state index contributed by atoms with van der Waals surface area (Å²) in [6.45, 7) is 19.8. The van der Waals surface area contributed by atoms with E-state index in [9.17, 15) is 9.59 Å². The maximum Gasteiger partial charge on any atom is 0.258 e. The number of hydrogen-bond acceptors (Lipinski definition) is 5. The zero-order valence-corrected chi connectivity index (χ0v) is 25.0. The molecule has 3 heterocycles. The lowest BCUT2D eigenvalue weighted by Gasteiger charge is -2.05. The molecule has 208 valence electrons. The van der Waals surface area contributed by atoms with Crippen LogP contribution in [0.3, 0.4) is 0 Å². The number of ether oxygens (including phenoxy) is 1. The third-order valence-electron chi connectivity index (χ3n) is 5.19. The number of nitrogens with one attached hydrogen (secondary N) is 2. The highest BCUT2D eigenvalue weighted by molar-refractivity contribution is 7.13. The topological polar surface area (TPSA) is 87.8 Å². The van der Waals surface area contributed by atoms with Crippen LogP contribution >= 0.6 is 11.3 Å². The first kappa shape index (κ1) is 33.0. The van der Waals surface area contributed by atoms with Crippen molar-refractivity contribution in [3.05, 3.63) is 69.7 Å². The number of Topliss-reactive ketones (excluding diaryl/α,β-unsaturated/α-hetero) is 1. The van der Waals surface area contributed by atoms with Crippen LogP contribution in [0.4, 0.5) is 0 Å². The highest BCUT2D eigenvalue weighted by Crippen LogP contribution is 2.31. The largest absolute Gasteiger partial charge is 0.381 e. The Labute approximate surface area is 232 Å². The Bertz CT molecular complexity index is 1200. The molecule has 0 spiro atoms. The van der Waals surface area contributed by atoms with Gasteiger partial charge in [-0.05, 0) is 32.3 Å². The van der Waals surface area contributed by atoms with E-state index in [0.29, 0.717) is 22.1 Å². The van der Waals surface area contributed by atoms with Crippen LogP contribution in [0.1, 0.15) is 88.8 Å². The normalized spacial score (nSPS) is 10.6. The van der Waals surface area contributed by atoms with Crippen molar-refractivity contribution in [2.45, 2.75) is 74.1 Å². The number of aryl methyl sites for hydroxylation is 1. The van der Waals surface area contributed by atoms with E-state index in [1.165, 1.54) is 50.1 Å². The quantitative estimate of drug-likeness (QED) is 0.145. The molecular weight excluding hydrogens is 494 g/mol. The van der Waals surface area contributed by atoms with Crippen LogP contribution in [0.2, 0.25) is 0 Å². The minimum Gasteiger partial charge on any atom is -0.381 e. The monoisotopic (exact) mass is 539 g/mol. The Morgan fingerprint density at radius 2 is 1.87 bits per heavy atom. The van der Waals surface area contributed by atoms with Gasteiger partial charge in [-0.1, -0.05) is 78.7 Å². The summed E-state index contributed by atoms with van der Waals surface area (Å²) in [5, 5.41) is 2.49. The summed E-state index contributed by atoms with van der Waals surface area (Å²) in [5.74, 6) is 0.578. The molecule has 0 saturated heterocycles. The van der Waals surface area contributed by atoms with Crippen molar-refractivity contribution in [1.29, 1.82) is 0 Å². The van der Waals surface area contributed by atoms with E-state index in [4.69, 9.17) is 4.74 Å². The first-order valence-corrected chi connectivity index (χ1v) is 14.3. The summed E-state index contributed by atoms with van der Waals surface area (Å²) in [6.07, 6.45) is 13.9. The van der Waals surface area contributed by atoms with E-state index < -0.39 is 0 Å². The number of H-pyrrole nitrogens is 2. The molecule has 0 aromatic carbocycles. The number of nitrogens with zero attached hydrogens (tertiary/aromatic N) is 1. The van der Waals surface area contributed by atoms with E-state index in [1.54, 1.807) is 12.1 Å². The van der Waals surface area contributed by atoms with Gasteiger partial charge in [0.05, 0.1) is 11.3 Å². The number of ketones is 1. The van der Waals surface area contributed by atoms with Crippen LogP contribution in [0.5, 0.6) is 0 Å². The van der Waals surface area contributed by atoms with E-state index in [2.05, 4.69) is 56.1 Å². The first-order valence-electron chi connectivity index (χ1n) is 13.4. The lowest BCUT2D eigenvalue weighted by Crippen LogP contribution is -2.10. The zero-order valence-electron chi connectivity index (χ0n) is 24.1. The lowest BCUT2D eigenvalue weighted by molar-refractivity contribution is 0.101. The van der Waals surface area contributed by atoms with Gasteiger partial charge in [0.15, 0.2) is 5.78 Å². The zero-order chi connectivity index (χ0) is 28.5. The lowest BCUT2D eigenvalue weighted by atomic mass is 10.1. The molecule has 0 aliphatic heterocycles.